The number of carbonyl (C=O) groups is 2. The number of benzene rings is 2. The number of hydrogen-bond donors (Lipinski definition) is 1. The van der Waals surface area contributed by atoms with Crippen LogP contribution in [-0.4, -0.2) is 35.2 Å². The van der Waals surface area contributed by atoms with Crippen LogP contribution in [0.5, 0.6) is 5.75 Å². The SMILES string of the molecule is COc1cccc(-c2noc(COC(=O)[C@@H](NC(=O)c3ccccc3F)C(C)C)n2)c1. The Morgan fingerprint density at radius 1 is 1.16 bits per heavy atom. The lowest BCUT2D eigenvalue weighted by molar-refractivity contribution is -0.149. The Balaban J connectivity index is 1.63. The average molecular weight is 427 g/mol. The summed E-state index contributed by atoms with van der Waals surface area (Å²) in [6, 6.07) is 11.7. The molecule has 8 nitrogen and oxygen atoms in total. The Hall–Kier alpha value is -3.75. The van der Waals surface area contributed by atoms with Crippen molar-refractivity contribution in [1.82, 2.24) is 15.5 Å². The fourth-order valence-corrected chi connectivity index (χ4v) is 2.78. The fraction of sp³-hybridized carbons (Fsp3) is 0.273. The molecule has 2 aromatic carbocycles. The zero-order valence-corrected chi connectivity index (χ0v) is 17.3. The van der Waals surface area contributed by atoms with Gasteiger partial charge in [0.1, 0.15) is 17.6 Å². The van der Waals surface area contributed by atoms with E-state index in [9.17, 15) is 14.0 Å². The van der Waals surface area contributed by atoms with Gasteiger partial charge in [0.05, 0.1) is 12.7 Å². The molecule has 0 aliphatic rings. The summed E-state index contributed by atoms with van der Waals surface area (Å²) in [5.74, 6) is -1.31. The molecule has 0 spiro atoms. The molecule has 0 aliphatic heterocycles. The molecule has 1 atom stereocenters. The molecule has 1 amide bonds. The molecule has 1 N–H and O–H groups in total. The standard InChI is InChI=1S/C22H22FN3O5/c1-13(2)19(25-21(27)16-9-4-5-10-17(16)23)22(28)30-12-18-24-20(26-31-18)14-7-6-8-15(11-14)29-3/h4-11,13,19H,12H2,1-3H3,(H,25,27)/t19-/m0/s1. The molecule has 0 aliphatic carbocycles. The Morgan fingerprint density at radius 3 is 2.65 bits per heavy atom. The average Bonchev–Trinajstić information content (AvgIpc) is 3.25. The lowest BCUT2D eigenvalue weighted by Crippen LogP contribution is -2.45. The molecule has 0 saturated carbocycles. The number of ether oxygens (including phenoxy) is 2. The van der Waals surface area contributed by atoms with Crippen molar-refractivity contribution in [2.45, 2.75) is 26.5 Å². The van der Waals surface area contributed by atoms with Gasteiger partial charge >= 0.3 is 5.97 Å². The lowest BCUT2D eigenvalue weighted by Gasteiger charge is -2.20. The number of halogens is 1. The van der Waals surface area contributed by atoms with Crippen LogP contribution in [0.3, 0.4) is 0 Å². The van der Waals surface area contributed by atoms with Crippen molar-refractivity contribution in [2.75, 3.05) is 7.11 Å². The van der Waals surface area contributed by atoms with Gasteiger partial charge < -0.3 is 19.3 Å². The van der Waals surface area contributed by atoms with Gasteiger partial charge in [-0.25, -0.2) is 9.18 Å². The monoisotopic (exact) mass is 427 g/mol. The second-order valence-corrected chi connectivity index (χ2v) is 7.03. The van der Waals surface area contributed by atoms with Crippen molar-refractivity contribution in [3.63, 3.8) is 0 Å². The van der Waals surface area contributed by atoms with Gasteiger partial charge in [0.2, 0.25) is 5.82 Å². The summed E-state index contributed by atoms with van der Waals surface area (Å²) in [4.78, 5) is 29.1. The maximum Gasteiger partial charge on any atom is 0.329 e. The van der Waals surface area contributed by atoms with Crippen molar-refractivity contribution >= 4 is 11.9 Å². The van der Waals surface area contributed by atoms with E-state index in [1.165, 1.54) is 24.3 Å². The van der Waals surface area contributed by atoms with Crippen molar-refractivity contribution < 1.29 is 28.0 Å². The summed E-state index contributed by atoms with van der Waals surface area (Å²) >= 11 is 0. The van der Waals surface area contributed by atoms with Crippen LogP contribution < -0.4 is 10.1 Å². The summed E-state index contributed by atoms with van der Waals surface area (Å²) < 4.78 is 29.4. The van der Waals surface area contributed by atoms with Crippen LogP contribution in [0.25, 0.3) is 11.4 Å². The molecule has 31 heavy (non-hydrogen) atoms. The Labute approximate surface area is 178 Å². The minimum Gasteiger partial charge on any atom is -0.497 e. The quantitative estimate of drug-likeness (QED) is 0.550. The van der Waals surface area contributed by atoms with E-state index < -0.39 is 23.7 Å². The molecule has 1 heterocycles. The highest BCUT2D eigenvalue weighted by Crippen LogP contribution is 2.21. The fourth-order valence-electron chi connectivity index (χ4n) is 2.78. The molecule has 0 bridgehead atoms. The first-order valence-corrected chi connectivity index (χ1v) is 9.58. The zero-order chi connectivity index (χ0) is 22.4. The van der Waals surface area contributed by atoms with E-state index >= 15 is 0 Å². The molecule has 0 fully saturated rings. The molecule has 9 heteroatoms. The molecule has 0 radical (unpaired) electrons. The number of carbonyl (C=O) groups excluding carboxylic acids is 2. The van der Waals surface area contributed by atoms with Gasteiger partial charge in [-0.05, 0) is 30.2 Å². The van der Waals surface area contributed by atoms with Crippen LogP contribution in [-0.2, 0) is 16.1 Å². The van der Waals surface area contributed by atoms with E-state index in [0.29, 0.717) is 17.1 Å². The normalized spacial score (nSPS) is 11.8. The minimum absolute atomic E-state index is 0.0918. The van der Waals surface area contributed by atoms with Gasteiger partial charge in [-0.15, -0.1) is 0 Å². The van der Waals surface area contributed by atoms with Crippen LogP contribution in [0.15, 0.2) is 53.1 Å². The van der Waals surface area contributed by atoms with E-state index in [1.807, 2.05) is 0 Å². The highest BCUT2D eigenvalue weighted by Gasteiger charge is 2.27. The molecule has 0 saturated heterocycles. The largest absolute Gasteiger partial charge is 0.497 e. The number of nitrogens with one attached hydrogen (secondary N) is 1. The second-order valence-electron chi connectivity index (χ2n) is 7.03. The topological polar surface area (TPSA) is 104 Å². The van der Waals surface area contributed by atoms with Crippen molar-refractivity contribution in [3.05, 3.63) is 65.8 Å². The van der Waals surface area contributed by atoms with Crippen molar-refractivity contribution in [2.24, 2.45) is 5.92 Å². The van der Waals surface area contributed by atoms with E-state index in [-0.39, 0.29) is 24.0 Å². The minimum atomic E-state index is -0.979. The molecular formula is C22H22FN3O5. The predicted octanol–water partition coefficient (Wildman–Crippen LogP) is 3.38. The lowest BCUT2D eigenvalue weighted by atomic mass is 10.0. The van der Waals surface area contributed by atoms with Crippen LogP contribution in [0.4, 0.5) is 4.39 Å². The number of esters is 1. The Bertz CT molecular complexity index is 1070. The molecule has 1 aromatic heterocycles. The highest BCUT2D eigenvalue weighted by molar-refractivity contribution is 5.97. The molecule has 162 valence electrons. The third-order valence-corrected chi connectivity index (χ3v) is 4.46. The first kappa shape index (κ1) is 21.9. The first-order chi connectivity index (χ1) is 14.9. The Morgan fingerprint density at radius 2 is 1.94 bits per heavy atom. The summed E-state index contributed by atoms with van der Waals surface area (Å²) in [7, 11) is 1.55. The third-order valence-electron chi connectivity index (χ3n) is 4.46. The van der Waals surface area contributed by atoms with Gasteiger partial charge in [-0.2, -0.15) is 4.98 Å². The summed E-state index contributed by atoms with van der Waals surface area (Å²) in [5, 5.41) is 6.39. The summed E-state index contributed by atoms with van der Waals surface area (Å²) in [6.07, 6.45) is 0. The number of nitrogens with zero attached hydrogens (tertiary/aromatic N) is 2. The second kappa shape index (κ2) is 9.84. The maximum atomic E-state index is 13.8. The first-order valence-electron chi connectivity index (χ1n) is 9.58. The van der Waals surface area contributed by atoms with E-state index in [2.05, 4.69) is 15.5 Å². The van der Waals surface area contributed by atoms with Gasteiger partial charge in [-0.1, -0.05) is 43.3 Å². The number of hydrogen-bond acceptors (Lipinski definition) is 7. The molecule has 0 unspecified atom stereocenters. The van der Waals surface area contributed by atoms with Gasteiger partial charge in [0, 0.05) is 5.56 Å². The van der Waals surface area contributed by atoms with E-state index in [0.717, 1.165) is 0 Å². The van der Waals surface area contributed by atoms with Crippen molar-refractivity contribution in [3.8, 4) is 17.1 Å². The maximum absolute atomic E-state index is 13.8. The summed E-state index contributed by atoms with van der Waals surface area (Å²) in [5.41, 5.74) is 0.527. The predicted molar refractivity (Wildman–Crippen MR) is 109 cm³/mol. The zero-order valence-electron chi connectivity index (χ0n) is 17.3. The number of rotatable bonds is 8. The third kappa shape index (κ3) is 5.44. The van der Waals surface area contributed by atoms with Gasteiger partial charge in [-0.3, -0.25) is 4.79 Å². The van der Waals surface area contributed by atoms with Crippen LogP contribution >= 0.6 is 0 Å². The Kier molecular flexibility index (Phi) is 6.96. The number of amides is 1. The van der Waals surface area contributed by atoms with Crippen molar-refractivity contribution in [1.29, 1.82) is 0 Å². The van der Waals surface area contributed by atoms with Crippen LogP contribution in [0.2, 0.25) is 0 Å². The molecule has 3 rings (SSSR count). The smallest absolute Gasteiger partial charge is 0.329 e. The van der Waals surface area contributed by atoms with E-state index in [1.54, 1.807) is 45.2 Å². The van der Waals surface area contributed by atoms with Crippen LogP contribution in [0, 0.1) is 11.7 Å². The van der Waals surface area contributed by atoms with E-state index in [4.69, 9.17) is 14.0 Å². The summed E-state index contributed by atoms with van der Waals surface area (Å²) in [6.45, 7) is 3.21. The van der Waals surface area contributed by atoms with Gasteiger partial charge in [0.25, 0.3) is 11.8 Å². The van der Waals surface area contributed by atoms with Crippen LogP contribution in [0.1, 0.15) is 30.1 Å². The molecular weight excluding hydrogens is 405 g/mol. The molecule has 3 aromatic rings. The number of methoxy groups -OCH3 is 1. The van der Waals surface area contributed by atoms with Gasteiger partial charge in [0.15, 0.2) is 6.61 Å². The highest BCUT2D eigenvalue weighted by atomic mass is 19.1. The number of aromatic nitrogens is 2.